The van der Waals surface area contributed by atoms with E-state index in [2.05, 4.69) is 4.98 Å². The molecule has 1 unspecified atom stereocenters. The zero-order valence-corrected chi connectivity index (χ0v) is 9.58. The summed E-state index contributed by atoms with van der Waals surface area (Å²) in [6.45, 7) is 1.48. The molecule has 1 atom stereocenters. The minimum absolute atomic E-state index is 0.0328. The molecule has 1 aliphatic rings. The van der Waals surface area contributed by atoms with Gasteiger partial charge >= 0.3 is 0 Å². The first kappa shape index (κ1) is 12.0. The van der Waals surface area contributed by atoms with Gasteiger partial charge in [-0.1, -0.05) is 6.07 Å². The highest BCUT2D eigenvalue weighted by atomic mass is 16.5. The number of ether oxygens (including phenoxy) is 1. The van der Waals surface area contributed by atoms with Crippen molar-refractivity contribution in [1.82, 2.24) is 9.88 Å². The Morgan fingerprint density at radius 1 is 1.59 bits per heavy atom. The molecule has 1 fully saturated rings. The summed E-state index contributed by atoms with van der Waals surface area (Å²) in [6, 6.07) is 5.53. The van der Waals surface area contributed by atoms with E-state index >= 15 is 0 Å². The molecule has 2 rings (SSSR count). The second kappa shape index (κ2) is 5.75. The molecule has 2 heterocycles. The van der Waals surface area contributed by atoms with E-state index in [1.54, 1.807) is 11.1 Å². The van der Waals surface area contributed by atoms with E-state index in [4.69, 9.17) is 9.84 Å². The maximum absolute atomic E-state index is 12.0. The summed E-state index contributed by atoms with van der Waals surface area (Å²) < 4.78 is 5.30. The number of pyridine rings is 1. The van der Waals surface area contributed by atoms with Crippen LogP contribution in [-0.2, 0) is 16.0 Å². The Morgan fingerprint density at radius 3 is 3.18 bits per heavy atom. The van der Waals surface area contributed by atoms with Crippen LogP contribution in [0.1, 0.15) is 5.69 Å². The molecule has 0 bridgehead atoms. The quantitative estimate of drug-likeness (QED) is 0.792. The van der Waals surface area contributed by atoms with Crippen LogP contribution >= 0.6 is 0 Å². The molecule has 5 heteroatoms. The molecule has 17 heavy (non-hydrogen) atoms. The van der Waals surface area contributed by atoms with Crippen molar-refractivity contribution in [3.05, 3.63) is 30.1 Å². The van der Waals surface area contributed by atoms with Gasteiger partial charge in [0.2, 0.25) is 5.91 Å². The highest BCUT2D eigenvalue weighted by Gasteiger charge is 2.23. The number of amides is 1. The van der Waals surface area contributed by atoms with Gasteiger partial charge < -0.3 is 14.7 Å². The van der Waals surface area contributed by atoms with E-state index in [0.29, 0.717) is 26.1 Å². The summed E-state index contributed by atoms with van der Waals surface area (Å²) >= 11 is 0. The monoisotopic (exact) mass is 236 g/mol. The molecular weight excluding hydrogens is 220 g/mol. The van der Waals surface area contributed by atoms with Crippen molar-refractivity contribution in [2.45, 2.75) is 12.5 Å². The van der Waals surface area contributed by atoms with Crippen LogP contribution in [-0.4, -0.2) is 53.3 Å². The Balaban J connectivity index is 1.91. The van der Waals surface area contributed by atoms with E-state index in [1.807, 2.05) is 18.2 Å². The topological polar surface area (TPSA) is 62.7 Å². The van der Waals surface area contributed by atoms with Crippen molar-refractivity contribution in [1.29, 1.82) is 0 Å². The van der Waals surface area contributed by atoms with E-state index in [1.165, 1.54) is 0 Å². The molecule has 1 aliphatic heterocycles. The van der Waals surface area contributed by atoms with Crippen LogP contribution in [0.2, 0.25) is 0 Å². The van der Waals surface area contributed by atoms with Crippen molar-refractivity contribution < 1.29 is 14.6 Å². The van der Waals surface area contributed by atoms with Crippen molar-refractivity contribution in [2.24, 2.45) is 0 Å². The van der Waals surface area contributed by atoms with Crippen LogP contribution in [0.5, 0.6) is 0 Å². The SMILES string of the molecule is O=C(Cc1ccccn1)N1CCOC(CO)C1. The standard InChI is InChI=1S/C12H16N2O3/c15-9-11-8-14(5-6-17-11)12(16)7-10-3-1-2-4-13-10/h1-4,11,15H,5-9H2. The van der Waals surface area contributed by atoms with Gasteiger partial charge in [0.15, 0.2) is 0 Å². The summed E-state index contributed by atoms with van der Waals surface area (Å²) in [6.07, 6.45) is 1.73. The normalized spacial score (nSPS) is 20.3. The molecule has 92 valence electrons. The Hall–Kier alpha value is -1.46. The number of hydrogen-bond acceptors (Lipinski definition) is 4. The molecule has 1 saturated heterocycles. The van der Waals surface area contributed by atoms with E-state index < -0.39 is 0 Å². The van der Waals surface area contributed by atoms with Crippen molar-refractivity contribution in [3.8, 4) is 0 Å². The third-order valence-corrected chi connectivity index (χ3v) is 2.75. The molecular formula is C12H16N2O3. The van der Waals surface area contributed by atoms with Crippen LogP contribution in [0.4, 0.5) is 0 Å². The average Bonchev–Trinajstić information content (AvgIpc) is 2.40. The molecule has 0 aliphatic carbocycles. The van der Waals surface area contributed by atoms with Crippen LogP contribution in [0, 0.1) is 0 Å². The molecule has 0 saturated carbocycles. The first-order valence-electron chi connectivity index (χ1n) is 5.69. The molecule has 0 aromatic carbocycles. The van der Waals surface area contributed by atoms with E-state index in [9.17, 15) is 4.79 Å². The predicted molar refractivity (Wildman–Crippen MR) is 61.3 cm³/mol. The van der Waals surface area contributed by atoms with Crippen molar-refractivity contribution >= 4 is 5.91 Å². The van der Waals surface area contributed by atoms with Crippen molar-refractivity contribution in [3.63, 3.8) is 0 Å². The largest absolute Gasteiger partial charge is 0.394 e. The number of rotatable bonds is 3. The lowest BCUT2D eigenvalue weighted by Gasteiger charge is -2.32. The molecule has 1 N–H and O–H groups in total. The molecule has 0 radical (unpaired) electrons. The second-order valence-electron chi connectivity index (χ2n) is 4.01. The fourth-order valence-electron chi connectivity index (χ4n) is 1.83. The Morgan fingerprint density at radius 2 is 2.47 bits per heavy atom. The molecule has 1 aromatic heterocycles. The number of hydrogen-bond donors (Lipinski definition) is 1. The number of nitrogens with zero attached hydrogens (tertiary/aromatic N) is 2. The minimum atomic E-state index is -0.253. The maximum atomic E-state index is 12.0. The zero-order valence-electron chi connectivity index (χ0n) is 9.58. The number of carbonyl (C=O) groups is 1. The maximum Gasteiger partial charge on any atom is 0.228 e. The smallest absolute Gasteiger partial charge is 0.228 e. The highest BCUT2D eigenvalue weighted by molar-refractivity contribution is 5.78. The van der Waals surface area contributed by atoms with Gasteiger partial charge in [0, 0.05) is 25.0 Å². The van der Waals surface area contributed by atoms with Crippen LogP contribution in [0.3, 0.4) is 0 Å². The van der Waals surface area contributed by atoms with Crippen molar-refractivity contribution in [2.75, 3.05) is 26.3 Å². The summed E-state index contributed by atoms with van der Waals surface area (Å²) in [5.41, 5.74) is 0.768. The first-order chi connectivity index (χ1) is 8.29. The fourth-order valence-corrected chi connectivity index (χ4v) is 1.83. The Bertz CT molecular complexity index is 369. The minimum Gasteiger partial charge on any atom is -0.394 e. The van der Waals surface area contributed by atoms with Crippen LogP contribution in [0.25, 0.3) is 0 Å². The van der Waals surface area contributed by atoms with Gasteiger partial charge in [-0.15, -0.1) is 0 Å². The number of morpholine rings is 1. The van der Waals surface area contributed by atoms with Gasteiger partial charge in [-0.3, -0.25) is 9.78 Å². The summed E-state index contributed by atoms with van der Waals surface area (Å²) in [5, 5.41) is 9.01. The first-order valence-corrected chi connectivity index (χ1v) is 5.69. The Labute approximate surface area is 100 Å². The van der Waals surface area contributed by atoms with Gasteiger partial charge in [-0.2, -0.15) is 0 Å². The summed E-state index contributed by atoms with van der Waals surface area (Å²) in [4.78, 5) is 17.8. The van der Waals surface area contributed by atoms with Gasteiger partial charge in [0.25, 0.3) is 0 Å². The van der Waals surface area contributed by atoms with E-state index in [0.717, 1.165) is 5.69 Å². The summed E-state index contributed by atoms with van der Waals surface area (Å²) in [7, 11) is 0. The zero-order chi connectivity index (χ0) is 12.1. The lowest BCUT2D eigenvalue weighted by atomic mass is 10.2. The third-order valence-electron chi connectivity index (χ3n) is 2.75. The van der Waals surface area contributed by atoms with Crippen LogP contribution < -0.4 is 0 Å². The number of aliphatic hydroxyl groups excluding tert-OH is 1. The molecule has 1 amide bonds. The lowest BCUT2D eigenvalue weighted by molar-refractivity contribution is -0.139. The van der Waals surface area contributed by atoms with Gasteiger partial charge in [0.05, 0.1) is 25.7 Å². The third kappa shape index (κ3) is 3.25. The number of carbonyl (C=O) groups excluding carboxylic acids is 1. The highest BCUT2D eigenvalue weighted by Crippen LogP contribution is 2.07. The fraction of sp³-hybridized carbons (Fsp3) is 0.500. The molecule has 1 aromatic rings. The number of aromatic nitrogens is 1. The van der Waals surface area contributed by atoms with E-state index in [-0.39, 0.29) is 18.6 Å². The number of aliphatic hydroxyl groups is 1. The van der Waals surface area contributed by atoms with Gasteiger partial charge in [-0.25, -0.2) is 0 Å². The molecule has 5 nitrogen and oxygen atoms in total. The van der Waals surface area contributed by atoms with Gasteiger partial charge in [0.1, 0.15) is 0 Å². The Kier molecular flexibility index (Phi) is 4.06. The predicted octanol–water partition coefficient (Wildman–Crippen LogP) is -0.156. The van der Waals surface area contributed by atoms with Gasteiger partial charge in [-0.05, 0) is 12.1 Å². The van der Waals surface area contributed by atoms with Crippen LogP contribution in [0.15, 0.2) is 24.4 Å². The lowest BCUT2D eigenvalue weighted by Crippen LogP contribution is -2.47. The average molecular weight is 236 g/mol. The summed E-state index contributed by atoms with van der Waals surface area (Å²) in [5.74, 6) is 0.0328. The molecule has 0 spiro atoms. The second-order valence-corrected chi connectivity index (χ2v) is 4.01.